The lowest BCUT2D eigenvalue weighted by Gasteiger charge is -2.54. The summed E-state index contributed by atoms with van der Waals surface area (Å²) in [5.74, 6) is 14.1. The van der Waals surface area contributed by atoms with Crippen molar-refractivity contribution >= 4 is 0 Å². The van der Waals surface area contributed by atoms with Gasteiger partial charge in [0.25, 0.3) is 6.43 Å². The molecule has 9 N–H and O–H groups in total. The molecule has 9 unspecified atom stereocenters. The van der Waals surface area contributed by atoms with Gasteiger partial charge in [-0.25, -0.2) is 8.78 Å². The average Bonchev–Trinajstić information content (AvgIpc) is 1.56. The second kappa shape index (κ2) is 57.3. The van der Waals surface area contributed by atoms with Crippen molar-refractivity contribution in [3.63, 3.8) is 0 Å². The predicted molar refractivity (Wildman–Crippen MR) is 487 cm³/mol. The number of aliphatic hydroxyl groups excluding tert-OH is 3. The summed E-state index contributed by atoms with van der Waals surface area (Å²) < 4.78 is 123. The highest BCUT2D eigenvalue weighted by Crippen LogP contribution is 2.54. The summed E-state index contributed by atoms with van der Waals surface area (Å²) in [6.45, 7) is 69.0. The van der Waals surface area contributed by atoms with Gasteiger partial charge in [0.15, 0.2) is 5.60 Å². The summed E-state index contributed by atoms with van der Waals surface area (Å²) in [7, 11) is 0. The molecule has 3 heterocycles. The van der Waals surface area contributed by atoms with Crippen LogP contribution in [0, 0.1) is 135 Å². The Morgan fingerprint density at radius 1 is 0.421 bits per heavy atom. The highest BCUT2D eigenvalue weighted by Gasteiger charge is 2.52. The molecule has 10 aliphatic rings. The minimum atomic E-state index is -4.51. The molecular formula is C101H198F8O12. The maximum absolute atomic E-state index is 12.0. The molecule has 7 saturated carbocycles. The molecule has 0 aromatic carbocycles. The van der Waals surface area contributed by atoms with Gasteiger partial charge in [-0.2, -0.15) is 26.3 Å². The largest absolute Gasteiger partial charge is 0.416 e. The maximum Gasteiger partial charge on any atom is 0.416 e. The van der Waals surface area contributed by atoms with Crippen molar-refractivity contribution in [3.8, 4) is 0 Å². The van der Waals surface area contributed by atoms with Crippen LogP contribution in [0.15, 0.2) is 0 Å². The molecule has 7 aliphatic carbocycles. The van der Waals surface area contributed by atoms with Crippen LogP contribution in [0.2, 0.25) is 0 Å². The van der Waals surface area contributed by atoms with Gasteiger partial charge in [0, 0.05) is 22.8 Å². The molecule has 0 radical (unpaired) electrons. The smallest absolute Gasteiger partial charge is 0.396 e. The second-order valence-electron chi connectivity index (χ2n) is 45.8. The fourth-order valence-electron chi connectivity index (χ4n) is 17.0. The first kappa shape index (κ1) is 118. The number of halogens is 8. The number of aliphatic hydroxyl groups is 9. The van der Waals surface area contributed by atoms with Crippen molar-refractivity contribution in [2.24, 2.45) is 135 Å². The molecule has 3 aliphatic heterocycles. The normalized spacial score (nSPS) is 29.8. The molecule has 730 valence electrons. The van der Waals surface area contributed by atoms with Gasteiger partial charge in [0.05, 0.1) is 70.9 Å². The Hall–Kier alpha value is -1.04. The Morgan fingerprint density at radius 2 is 0.777 bits per heavy atom. The third kappa shape index (κ3) is 53.2. The zero-order valence-corrected chi connectivity index (χ0v) is 83.4. The number of hydrogen-bond acceptors (Lipinski definition) is 12. The van der Waals surface area contributed by atoms with Crippen LogP contribution in [0.1, 0.15) is 404 Å². The summed E-state index contributed by atoms with van der Waals surface area (Å²) in [6, 6.07) is 0. The standard InChI is InChI=1S/C10H18O.C10H20O.C9H16O.4C9H18O.C8H15F3O.C8H16O.C7H13F3O.C7H14F2O.C6H14O/c1-8(2)9-3-4-10(5-9)6-11-7-10;1-8(2)9-4-6-10(3,11)7-5-9;1-7(2)8-3-9(4-8)5-10-6-9;1-6(2)8-4-7(3)9(10)5-8;1-8(2)4-5-9(3)6-10-7-9;1-7(2)8-4-5-9(3,10)6-8;1-4-9(10)5-8(6-9)7(2)3;1-6(2)4-5-7(3,12)8(9,10)11;1-6(2)7-4-8(3,9)5-7;1-5(2)3-4-6(11)7(8,9)10;1-5(2)3-4-6(10)7(8)9;1-6(2)4-3-5-7/h8-9H,3-7H2,1-2H3;8-9,11H,4-7H2,1-3H3;7-8H,3-6H2,1-2H3;6-10H,4-5H2,1-3H3;8H,4-7H2,1-3H3;2*7-8,10H,4-6H2,1-3H3;6,12H,4-5H2,1-3H3;6-7,9H,4-5H2,1-3H3;5-6,11H,3-4H2,1-2H3;5-7,10H,3-4H2,1-2H3;6-7H,3-5H2,1-2H3/i;;;;;;;;;;;5D2. The van der Waals surface area contributed by atoms with Crippen LogP contribution in [0.5, 0.6) is 0 Å². The van der Waals surface area contributed by atoms with E-state index in [2.05, 4.69) is 132 Å². The van der Waals surface area contributed by atoms with Gasteiger partial charge in [0.2, 0.25) is 0 Å². The third-order valence-corrected chi connectivity index (χ3v) is 28.1. The summed E-state index contributed by atoms with van der Waals surface area (Å²) in [5, 5.41) is 82.4. The van der Waals surface area contributed by atoms with Crippen LogP contribution in [0.3, 0.4) is 0 Å². The monoisotopic (exact) mass is 1760 g/mol. The van der Waals surface area contributed by atoms with E-state index < -0.39 is 43.1 Å². The van der Waals surface area contributed by atoms with Gasteiger partial charge in [-0.15, -0.1) is 0 Å². The van der Waals surface area contributed by atoms with Crippen LogP contribution >= 0.6 is 0 Å². The number of alkyl halides is 8. The molecule has 10 fully saturated rings. The first-order valence-electron chi connectivity index (χ1n) is 49.3. The van der Waals surface area contributed by atoms with E-state index in [0.717, 1.165) is 206 Å². The van der Waals surface area contributed by atoms with Gasteiger partial charge in [-0.3, -0.25) is 0 Å². The Bertz CT molecular complexity index is 2540. The summed E-state index contributed by atoms with van der Waals surface area (Å²) >= 11 is 0. The van der Waals surface area contributed by atoms with Crippen LogP contribution in [-0.4, -0.2) is 157 Å². The lowest BCUT2D eigenvalue weighted by molar-refractivity contribution is -0.255. The van der Waals surface area contributed by atoms with E-state index in [9.17, 15) is 60.7 Å². The lowest BCUT2D eigenvalue weighted by Crippen LogP contribution is -2.53. The molecule has 0 bridgehead atoms. The SMILES string of the molecule is CC(C)C1CC(C)(O)C1.CC(C)C1CC(C)C(O)C1.CC(C)C1CC2(COC2)C1.CC(C)C1CCC(C)(O)C1.CC(C)C1CCC(C)(O)CC1.CC(C)C1CCC2(COC2)C1.CC(C)CCC(C)(O)C(F)(F)F.CC(C)CCC(O)C(F)(F)F.CC(C)CCC(O)C(F)F.CC(C)CCC1(C)COC1.CCC1(O)CC(C(C)C)C1.[2H]C([2H])(O)CCC(C)C. The Balaban J connectivity index is 0. The first-order chi connectivity index (χ1) is 55.7. The van der Waals surface area contributed by atoms with E-state index in [0.29, 0.717) is 53.3 Å². The minimum absolute atomic E-state index is 0.0209. The lowest BCUT2D eigenvalue weighted by atomic mass is 9.58. The van der Waals surface area contributed by atoms with Crippen LogP contribution in [0.4, 0.5) is 35.1 Å². The van der Waals surface area contributed by atoms with Crippen LogP contribution < -0.4 is 0 Å². The first-order valence-corrected chi connectivity index (χ1v) is 48.3. The van der Waals surface area contributed by atoms with E-state index in [1.807, 2.05) is 76.2 Å². The van der Waals surface area contributed by atoms with E-state index in [1.54, 1.807) is 0 Å². The molecule has 0 aromatic rings. The van der Waals surface area contributed by atoms with Gasteiger partial charge in [0.1, 0.15) is 12.2 Å². The van der Waals surface area contributed by atoms with E-state index in [4.69, 9.17) is 37.4 Å². The van der Waals surface area contributed by atoms with Gasteiger partial charge in [-0.1, -0.05) is 193 Å². The summed E-state index contributed by atoms with van der Waals surface area (Å²) in [4.78, 5) is 0. The topological polar surface area (TPSA) is 210 Å². The molecule has 3 saturated heterocycles. The molecule has 121 heavy (non-hydrogen) atoms. The van der Waals surface area contributed by atoms with Gasteiger partial charge in [-0.05, 0) is 326 Å². The molecule has 0 aromatic heterocycles. The van der Waals surface area contributed by atoms with E-state index in [1.165, 1.54) is 70.6 Å². The Morgan fingerprint density at radius 3 is 1.03 bits per heavy atom. The van der Waals surface area contributed by atoms with Crippen LogP contribution in [0.25, 0.3) is 0 Å². The molecule has 12 nitrogen and oxygen atoms in total. The number of ether oxygens (including phenoxy) is 3. The number of rotatable bonds is 24. The van der Waals surface area contributed by atoms with E-state index in [-0.39, 0.29) is 66.0 Å². The van der Waals surface area contributed by atoms with Crippen molar-refractivity contribution in [2.45, 2.75) is 466 Å². The quantitative estimate of drug-likeness (QED) is 0.0414. The Labute approximate surface area is 741 Å². The van der Waals surface area contributed by atoms with Crippen LogP contribution in [-0.2, 0) is 14.2 Å². The predicted octanol–water partition coefficient (Wildman–Crippen LogP) is 26.4. The molecule has 0 amide bonds. The highest BCUT2D eigenvalue weighted by atomic mass is 19.4. The minimum Gasteiger partial charge on any atom is -0.396 e. The second-order valence-corrected chi connectivity index (χ2v) is 45.8. The third-order valence-electron chi connectivity index (χ3n) is 28.1. The fourth-order valence-corrected chi connectivity index (χ4v) is 17.0. The number of hydrogen-bond donors (Lipinski definition) is 9. The zero-order chi connectivity index (χ0) is 96.2. The van der Waals surface area contributed by atoms with Crippen molar-refractivity contribution < 1.29 is 98.0 Å². The average molecular weight is 1760 g/mol. The molecular weight excluding hydrogens is 1560 g/mol. The van der Waals surface area contributed by atoms with Crippen molar-refractivity contribution in [1.29, 1.82) is 0 Å². The molecule has 20 heteroatoms. The van der Waals surface area contributed by atoms with Gasteiger partial charge < -0.3 is 60.2 Å². The van der Waals surface area contributed by atoms with Crippen molar-refractivity contribution in [3.05, 3.63) is 0 Å². The van der Waals surface area contributed by atoms with Crippen molar-refractivity contribution in [1.82, 2.24) is 0 Å². The van der Waals surface area contributed by atoms with Crippen molar-refractivity contribution in [2.75, 3.05) is 46.2 Å². The Kier molecular flexibility index (Phi) is 55.9. The summed E-state index contributed by atoms with van der Waals surface area (Å²) in [6.07, 6.45) is 11.8. The molecule has 10 rings (SSSR count). The summed E-state index contributed by atoms with van der Waals surface area (Å²) in [5.41, 5.74) is -1.99. The van der Waals surface area contributed by atoms with E-state index >= 15 is 0 Å². The highest BCUT2D eigenvalue weighted by molar-refractivity contribution is 4.99. The fraction of sp³-hybridized carbons (Fsp3) is 1.00. The molecule has 2 spiro atoms. The maximum atomic E-state index is 12.0. The molecule has 9 atom stereocenters. The zero-order valence-electron chi connectivity index (χ0n) is 85.4. The van der Waals surface area contributed by atoms with Gasteiger partial charge >= 0.3 is 12.4 Å².